The molecule has 0 aliphatic rings. The Balaban J connectivity index is 3.14. The highest BCUT2D eigenvalue weighted by Crippen LogP contribution is 2.30. The van der Waals surface area contributed by atoms with Gasteiger partial charge in [-0.25, -0.2) is 0 Å². The number of hydrogen-bond acceptors (Lipinski definition) is 3. The van der Waals surface area contributed by atoms with Gasteiger partial charge in [0.2, 0.25) is 0 Å². The summed E-state index contributed by atoms with van der Waals surface area (Å²) in [6.07, 6.45) is 3.54. The zero-order valence-corrected chi connectivity index (χ0v) is 17.0. The number of hydrogen-bond donors (Lipinski definition) is 1. The number of rotatable bonds is 8. The first-order valence-corrected chi connectivity index (χ1v) is 8.98. The molecule has 0 aliphatic heterocycles. The Hall–Kier alpha value is -0.780. The van der Waals surface area contributed by atoms with Crippen LogP contribution in [0.2, 0.25) is 0 Å². The van der Waals surface area contributed by atoms with Gasteiger partial charge in [0.1, 0.15) is 6.79 Å². The van der Waals surface area contributed by atoms with Gasteiger partial charge < -0.3 is 14.8 Å². The van der Waals surface area contributed by atoms with Crippen LogP contribution in [0.1, 0.15) is 26.3 Å². The van der Waals surface area contributed by atoms with Crippen molar-refractivity contribution in [1.82, 2.24) is 5.32 Å². The smallest absolute Gasteiger partial charge is 0.273 e. The largest absolute Gasteiger partial charge is 0.359 e. The van der Waals surface area contributed by atoms with E-state index in [1.165, 1.54) is 0 Å². The number of nitrogens with one attached hydrogen (secondary N) is 1. The van der Waals surface area contributed by atoms with Crippen molar-refractivity contribution < 1.29 is 14.3 Å². The predicted molar refractivity (Wildman–Crippen MR) is 103 cm³/mol. The van der Waals surface area contributed by atoms with E-state index in [4.69, 9.17) is 44.3 Å². The number of amides is 1. The van der Waals surface area contributed by atoms with Crippen molar-refractivity contribution in [3.05, 3.63) is 48.0 Å². The molecule has 1 aromatic rings. The fourth-order valence-corrected chi connectivity index (χ4v) is 2.35. The summed E-state index contributed by atoms with van der Waals surface area (Å²) in [5, 5.41) is 2.79. The second-order valence-electron chi connectivity index (χ2n) is 6.16. The summed E-state index contributed by atoms with van der Waals surface area (Å²) in [7, 11) is 1.57. The summed E-state index contributed by atoms with van der Waals surface area (Å²) in [5.74, 6) is -0.484. The Bertz CT molecular complexity index is 573. The van der Waals surface area contributed by atoms with Gasteiger partial charge in [0.15, 0.2) is 0 Å². The number of halogens is 3. The summed E-state index contributed by atoms with van der Waals surface area (Å²) >= 11 is 17.1. The average molecular weight is 409 g/mol. The number of carbonyl (C=O) groups is 1. The molecule has 0 aromatic heterocycles. The van der Waals surface area contributed by atoms with Crippen molar-refractivity contribution in [2.75, 3.05) is 13.9 Å². The maximum atomic E-state index is 12.2. The van der Waals surface area contributed by atoms with Crippen molar-refractivity contribution >= 4 is 40.7 Å². The van der Waals surface area contributed by atoms with Crippen LogP contribution in [0, 0.1) is 5.92 Å². The molecule has 4 nitrogen and oxygen atoms in total. The minimum absolute atomic E-state index is 0.176. The number of methoxy groups -OCH3 is 1. The van der Waals surface area contributed by atoms with Crippen molar-refractivity contribution in [1.29, 1.82) is 0 Å². The van der Waals surface area contributed by atoms with E-state index in [0.29, 0.717) is 0 Å². The lowest BCUT2D eigenvalue weighted by Gasteiger charge is -2.30. The maximum absolute atomic E-state index is 12.2. The first-order valence-electron chi connectivity index (χ1n) is 7.85. The molecule has 0 radical (unpaired) electrons. The van der Waals surface area contributed by atoms with Gasteiger partial charge in [0, 0.05) is 7.11 Å². The Morgan fingerprint density at radius 3 is 2.32 bits per heavy atom. The fraction of sp³-hybridized carbons (Fsp3) is 0.500. The van der Waals surface area contributed by atoms with E-state index in [-0.39, 0.29) is 18.8 Å². The number of alkyl halides is 3. The molecule has 140 valence electrons. The van der Waals surface area contributed by atoms with Crippen LogP contribution in [0.3, 0.4) is 0 Å². The fourth-order valence-electron chi connectivity index (χ4n) is 2.21. The third-order valence-corrected chi connectivity index (χ3v) is 4.17. The van der Waals surface area contributed by atoms with Crippen molar-refractivity contribution in [2.24, 2.45) is 5.92 Å². The van der Waals surface area contributed by atoms with E-state index in [1.807, 2.05) is 63.3 Å². The van der Waals surface area contributed by atoms with Crippen LogP contribution in [0.25, 0.3) is 0 Å². The van der Waals surface area contributed by atoms with Gasteiger partial charge in [-0.2, -0.15) is 0 Å². The van der Waals surface area contributed by atoms with Crippen molar-refractivity contribution in [2.45, 2.75) is 36.2 Å². The normalized spacial score (nSPS) is 16.0. The highest BCUT2D eigenvalue weighted by Gasteiger charge is 2.36. The zero-order valence-electron chi connectivity index (χ0n) is 14.8. The molecule has 1 N–H and O–H groups in total. The summed E-state index contributed by atoms with van der Waals surface area (Å²) in [6.45, 7) is 6.07. The van der Waals surface area contributed by atoms with Gasteiger partial charge in [0.25, 0.3) is 9.70 Å². The Labute approximate surface area is 164 Å². The molecule has 0 heterocycles. The monoisotopic (exact) mass is 407 g/mol. The third kappa shape index (κ3) is 7.16. The second-order valence-corrected chi connectivity index (χ2v) is 8.44. The lowest BCUT2D eigenvalue weighted by Crippen LogP contribution is -2.47. The first kappa shape index (κ1) is 22.3. The van der Waals surface area contributed by atoms with Crippen LogP contribution in [-0.2, 0) is 19.8 Å². The molecule has 0 spiro atoms. The molecule has 0 aliphatic carbocycles. The van der Waals surface area contributed by atoms with E-state index in [9.17, 15) is 4.79 Å². The first-order chi connectivity index (χ1) is 11.6. The zero-order chi connectivity index (χ0) is 19.1. The lowest BCUT2D eigenvalue weighted by atomic mass is 9.90. The molecular weight excluding hydrogens is 385 g/mol. The Morgan fingerprint density at radius 1 is 1.24 bits per heavy atom. The number of benzene rings is 1. The van der Waals surface area contributed by atoms with E-state index >= 15 is 0 Å². The lowest BCUT2D eigenvalue weighted by molar-refractivity contribution is -0.121. The van der Waals surface area contributed by atoms with E-state index in [1.54, 1.807) is 7.11 Å². The molecular formula is C18H24Cl3NO3. The standard InChI is InChI=1S/C18H24Cl3NO3/c1-13(2)15(25-12-24-4)10-11-17(3,14-8-6-5-7-9-14)22-16(23)18(19,20)21/h5-11,13,15H,12H2,1-4H3,(H,22,23)/b11-10+/t15-,17+/m1/s1. The third-order valence-electron chi connectivity index (χ3n) is 3.66. The van der Waals surface area contributed by atoms with Gasteiger partial charge in [-0.15, -0.1) is 0 Å². The van der Waals surface area contributed by atoms with E-state index < -0.39 is 15.2 Å². The Morgan fingerprint density at radius 2 is 1.84 bits per heavy atom. The summed E-state index contributed by atoms with van der Waals surface area (Å²) in [5.41, 5.74) is -0.0191. The van der Waals surface area contributed by atoms with Crippen LogP contribution in [-0.4, -0.2) is 29.7 Å². The topological polar surface area (TPSA) is 47.6 Å². The van der Waals surface area contributed by atoms with Crippen LogP contribution in [0.15, 0.2) is 42.5 Å². The summed E-state index contributed by atoms with van der Waals surface area (Å²) in [4.78, 5) is 12.2. The molecule has 1 aromatic carbocycles. The van der Waals surface area contributed by atoms with Crippen LogP contribution in [0.5, 0.6) is 0 Å². The van der Waals surface area contributed by atoms with E-state index in [2.05, 4.69) is 5.32 Å². The van der Waals surface area contributed by atoms with Crippen LogP contribution in [0.4, 0.5) is 0 Å². The summed E-state index contributed by atoms with van der Waals surface area (Å²) < 4.78 is 8.58. The molecule has 0 bridgehead atoms. The number of ether oxygens (including phenoxy) is 2. The molecule has 0 saturated carbocycles. The van der Waals surface area contributed by atoms with Crippen LogP contribution >= 0.6 is 34.8 Å². The average Bonchev–Trinajstić information content (AvgIpc) is 2.54. The molecule has 2 atom stereocenters. The number of carbonyl (C=O) groups excluding carboxylic acids is 1. The van der Waals surface area contributed by atoms with Gasteiger partial charge in [-0.05, 0) is 18.4 Å². The van der Waals surface area contributed by atoms with Gasteiger partial charge in [-0.3, -0.25) is 4.79 Å². The minimum Gasteiger partial charge on any atom is -0.359 e. The van der Waals surface area contributed by atoms with Crippen molar-refractivity contribution in [3.8, 4) is 0 Å². The molecule has 1 amide bonds. The van der Waals surface area contributed by atoms with Crippen LogP contribution < -0.4 is 5.32 Å². The molecule has 0 unspecified atom stereocenters. The highest BCUT2D eigenvalue weighted by molar-refractivity contribution is 6.76. The predicted octanol–water partition coefficient (Wildman–Crippen LogP) is 4.59. The summed E-state index contributed by atoms with van der Waals surface area (Å²) in [6, 6.07) is 9.43. The molecule has 0 fully saturated rings. The molecule has 0 saturated heterocycles. The van der Waals surface area contributed by atoms with Gasteiger partial charge in [0.05, 0.1) is 11.6 Å². The minimum atomic E-state index is -2.05. The van der Waals surface area contributed by atoms with E-state index in [0.717, 1.165) is 5.56 Å². The second kappa shape index (κ2) is 9.79. The molecule has 25 heavy (non-hydrogen) atoms. The Kier molecular flexibility index (Phi) is 8.72. The maximum Gasteiger partial charge on any atom is 0.273 e. The highest BCUT2D eigenvalue weighted by atomic mass is 35.6. The quantitative estimate of drug-likeness (QED) is 0.389. The van der Waals surface area contributed by atoms with Gasteiger partial charge >= 0.3 is 0 Å². The molecule has 1 rings (SSSR count). The SMILES string of the molecule is COCO[C@H](/C=C/[C@](C)(NC(=O)C(Cl)(Cl)Cl)c1ccccc1)C(C)C. The molecule has 7 heteroatoms. The van der Waals surface area contributed by atoms with Crippen molar-refractivity contribution in [3.63, 3.8) is 0 Å². The van der Waals surface area contributed by atoms with Gasteiger partial charge in [-0.1, -0.05) is 91.1 Å².